The van der Waals surface area contributed by atoms with Crippen LogP contribution in [0.1, 0.15) is 11.3 Å². The first-order valence-electron chi connectivity index (χ1n) is 5.24. The lowest BCUT2D eigenvalue weighted by molar-refractivity contribution is 0.315. The summed E-state index contributed by atoms with van der Waals surface area (Å²) in [4.78, 5) is 6.51. The molecule has 1 aromatic carbocycles. The quantitative estimate of drug-likeness (QED) is 0.882. The summed E-state index contributed by atoms with van der Waals surface area (Å²) < 4.78 is 1.06. The summed E-state index contributed by atoms with van der Waals surface area (Å²) in [6.07, 6.45) is 0. The Kier molecular flexibility index (Phi) is 4.15. The standard InChI is InChI=1S/C12H14BrN3S/c1-16(6-11-7-17-8-15-11)5-9-2-3-10(14)4-12(9)13/h2-4,7-8H,5-6,14H2,1H3. The van der Waals surface area contributed by atoms with Crippen LogP contribution in [0.2, 0.25) is 0 Å². The summed E-state index contributed by atoms with van der Waals surface area (Å²) in [5.74, 6) is 0. The van der Waals surface area contributed by atoms with Crippen LogP contribution in [0, 0.1) is 0 Å². The van der Waals surface area contributed by atoms with E-state index in [0.717, 1.165) is 28.9 Å². The van der Waals surface area contributed by atoms with Crippen molar-refractivity contribution in [2.24, 2.45) is 0 Å². The molecule has 3 nitrogen and oxygen atoms in total. The maximum atomic E-state index is 5.72. The molecule has 0 aliphatic rings. The first kappa shape index (κ1) is 12.5. The van der Waals surface area contributed by atoms with Crippen LogP contribution in [-0.4, -0.2) is 16.9 Å². The summed E-state index contributed by atoms with van der Waals surface area (Å²) in [5.41, 5.74) is 10.7. The third-order valence-electron chi connectivity index (χ3n) is 2.43. The molecule has 0 bridgehead atoms. The van der Waals surface area contributed by atoms with Gasteiger partial charge in [-0.15, -0.1) is 11.3 Å². The molecule has 0 saturated carbocycles. The highest BCUT2D eigenvalue weighted by atomic mass is 79.9. The van der Waals surface area contributed by atoms with Gasteiger partial charge in [0.2, 0.25) is 0 Å². The molecule has 0 radical (unpaired) electrons. The van der Waals surface area contributed by atoms with Gasteiger partial charge in [-0.25, -0.2) is 4.98 Å². The van der Waals surface area contributed by atoms with Crippen LogP contribution >= 0.6 is 27.3 Å². The zero-order valence-corrected chi connectivity index (χ0v) is 12.0. The monoisotopic (exact) mass is 311 g/mol. The second kappa shape index (κ2) is 5.62. The van der Waals surface area contributed by atoms with Crippen LogP contribution in [0.3, 0.4) is 0 Å². The molecule has 2 aromatic rings. The highest BCUT2D eigenvalue weighted by Crippen LogP contribution is 2.21. The predicted molar refractivity (Wildman–Crippen MR) is 75.8 cm³/mol. The number of halogens is 1. The van der Waals surface area contributed by atoms with Crippen LogP contribution in [0.4, 0.5) is 5.69 Å². The fraction of sp³-hybridized carbons (Fsp3) is 0.250. The lowest BCUT2D eigenvalue weighted by Crippen LogP contribution is -2.17. The molecule has 17 heavy (non-hydrogen) atoms. The first-order valence-corrected chi connectivity index (χ1v) is 6.98. The molecule has 5 heteroatoms. The molecule has 1 heterocycles. The minimum atomic E-state index is 0.780. The maximum absolute atomic E-state index is 5.72. The van der Waals surface area contributed by atoms with Gasteiger partial charge in [-0.3, -0.25) is 4.90 Å². The van der Waals surface area contributed by atoms with Crippen molar-refractivity contribution in [2.45, 2.75) is 13.1 Å². The average Bonchev–Trinajstić information content (AvgIpc) is 2.75. The number of rotatable bonds is 4. The summed E-state index contributed by atoms with van der Waals surface area (Å²) in [6.45, 7) is 1.73. The van der Waals surface area contributed by atoms with Gasteiger partial charge in [0.25, 0.3) is 0 Å². The molecule has 0 amide bonds. The number of hydrogen-bond donors (Lipinski definition) is 1. The van der Waals surface area contributed by atoms with E-state index in [4.69, 9.17) is 5.73 Å². The van der Waals surface area contributed by atoms with Crippen LogP contribution in [0.5, 0.6) is 0 Å². The van der Waals surface area contributed by atoms with Crippen molar-refractivity contribution >= 4 is 33.0 Å². The van der Waals surface area contributed by atoms with Gasteiger partial charge < -0.3 is 5.73 Å². The van der Waals surface area contributed by atoms with Gasteiger partial charge in [-0.05, 0) is 24.7 Å². The van der Waals surface area contributed by atoms with E-state index in [9.17, 15) is 0 Å². The number of nitrogens with two attached hydrogens (primary N) is 1. The van der Waals surface area contributed by atoms with Gasteiger partial charge >= 0.3 is 0 Å². The third-order valence-corrected chi connectivity index (χ3v) is 3.81. The van der Waals surface area contributed by atoms with Crippen LogP contribution in [0.25, 0.3) is 0 Å². The van der Waals surface area contributed by atoms with Crippen molar-refractivity contribution in [1.29, 1.82) is 0 Å². The molecule has 2 rings (SSSR count). The van der Waals surface area contributed by atoms with Crippen molar-refractivity contribution in [1.82, 2.24) is 9.88 Å². The van der Waals surface area contributed by atoms with Gasteiger partial charge in [0.1, 0.15) is 0 Å². The number of nitrogens with zero attached hydrogens (tertiary/aromatic N) is 2. The predicted octanol–water partition coefficient (Wildman–Crippen LogP) is 3.12. The van der Waals surface area contributed by atoms with Crippen LogP contribution in [0.15, 0.2) is 33.6 Å². The largest absolute Gasteiger partial charge is 0.399 e. The smallest absolute Gasteiger partial charge is 0.0795 e. The van der Waals surface area contributed by atoms with E-state index in [0.29, 0.717) is 0 Å². The van der Waals surface area contributed by atoms with E-state index >= 15 is 0 Å². The van der Waals surface area contributed by atoms with Gasteiger partial charge in [-0.1, -0.05) is 22.0 Å². The Morgan fingerprint density at radius 1 is 1.41 bits per heavy atom. The van der Waals surface area contributed by atoms with Crippen molar-refractivity contribution in [2.75, 3.05) is 12.8 Å². The molecule has 2 N–H and O–H groups in total. The molecule has 0 spiro atoms. The minimum absolute atomic E-state index is 0.780. The first-order chi connectivity index (χ1) is 8.15. The fourth-order valence-corrected chi connectivity index (χ4v) is 2.70. The van der Waals surface area contributed by atoms with Gasteiger partial charge in [0.15, 0.2) is 0 Å². The average molecular weight is 312 g/mol. The van der Waals surface area contributed by atoms with Gasteiger partial charge in [-0.2, -0.15) is 0 Å². The lowest BCUT2D eigenvalue weighted by atomic mass is 10.2. The number of thiazole rings is 1. The molecule has 0 saturated heterocycles. The molecule has 90 valence electrons. The Morgan fingerprint density at radius 3 is 2.88 bits per heavy atom. The minimum Gasteiger partial charge on any atom is -0.399 e. The van der Waals surface area contributed by atoms with Crippen molar-refractivity contribution < 1.29 is 0 Å². The zero-order valence-electron chi connectivity index (χ0n) is 9.56. The van der Waals surface area contributed by atoms with Crippen molar-refractivity contribution in [3.8, 4) is 0 Å². The number of anilines is 1. The van der Waals surface area contributed by atoms with Crippen LogP contribution < -0.4 is 5.73 Å². The number of benzene rings is 1. The Bertz CT molecular complexity index is 485. The lowest BCUT2D eigenvalue weighted by Gasteiger charge is -2.16. The van der Waals surface area contributed by atoms with E-state index in [2.05, 4.69) is 44.3 Å². The second-order valence-electron chi connectivity index (χ2n) is 4.00. The highest BCUT2D eigenvalue weighted by Gasteiger charge is 2.06. The number of hydrogen-bond acceptors (Lipinski definition) is 4. The third kappa shape index (κ3) is 3.52. The van der Waals surface area contributed by atoms with E-state index in [1.807, 2.05) is 17.6 Å². The van der Waals surface area contributed by atoms with Gasteiger partial charge in [0.05, 0.1) is 11.2 Å². The van der Waals surface area contributed by atoms with E-state index in [1.54, 1.807) is 11.3 Å². The van der Waals surface area contributed by atoms with E-state index in [-0.39, 0.29) is 0 Å². The zero-order chi connectivity index (χ0) is 12.3. The topological polar surface area (TPSA) is 42.2 Å². The molecule has 0 atom stereocenters. The Hall–Kier alpha value is -0.910. The summed E-state index contributed by atoms with van der Waals surface area (Å²) in [7, 11) is 2.09. The summed E-state index contributed by atoms with van der Waals surface area (Å²) in [6, 6.07) is 5.92. The van der Waals surface area contributed by atoms with Crippen molar-refractivity contribution in [3.05, 3.63) is 44.8 Å². The maximum Gasteiger partial charge on any atom is 0.0795 e. The second-order valence-corrected chi connectivity index (χ2v) is 5.58. The number of aromatic nitrogens is 1. The summed E-state index contributed by atoms with van der Waals surface area (Å²) >= 11 is 5.16. The van der Waals surface area contributed by atoms with Crippen molar-refractivity contribution in [3.63, 3.8) is 0 Å². The Labute approximate surface area is 113 Å². The molecule has 0 aliphatic carbocycles. The molecular weight excluding hydrogens is 298 g/mol. The Morgan fingerprint density at radius 2 is 2.24 bits per heavy atom. The molecule has 0 fully saturated rings. The molecular formula is C12H14BrN3S. The van der Waals surface area contributed by atoms with Gasteiger partial charge in [0, 0.05) is 28.6 Å². The number of nitrogen functional groups attached to an aromatic ring is 1. The normalized spacial score (nSPS) is 11.0. The summed E-state index contributed by atoms with van der Waals surface area (Å²) in [5, 5.41) is 2.08. The molecule has 1 aromatic heterocycles. The Balaban J connectivity index is 2.00. The highest BCUT2D eigenvalue weighted by molar-refractivity contribution is 9.10. The van der Waals surface area contributed by atoms with Crippen LogP contribution in [-0.2, 0) is 13.1 Å². The fourth-order valence-electron chi connectivity index (χ4n) is 1.63. The molecule has 0 aliphatic heterocycles. The van der Waals surface area contributed by atoms with E-state index < -0.39 is 0 Å². The molecule has 0 unspecified atom stereocenters. The SMILES string of the molecule is CN(Cc1cscn1)Cc1ccc(N)cc1Br. The van der Waals surface area contributed by atoms with E-state index in [1.165, 1.54) is 5.56 Å².